The van der Waals surface area contributed by atoms with E-state index < -0.39 is 61.5 Å². The summed E-state index contributed by atoms with van der Waals surface area (Å²) < 4.78 is 32.5. The van der Waals surface area contributed by atoms with Crippen molar-refractivity contribution in [2.24, 2.45) is 35.5 Å². The minimum atomic E-state index is -5.87. The molecule has 0 spiro atoms. The Morgan fingerprint density at radius 3 is 1.29 bits per heavy atom. The van der Waals surface area contributed by atoms with Gasteiger partial charge in [0.05, 0.1) is 5.66 Å². The van der Waals surface area contributed by atoms with Crippen LogP contribution in [0.15, 0.2) is 0 Å². The second-order valence-corrected chi connectivity index (χ2v) is 18.1. The topological polar surface area (TPSA) is 151 Å². The molecule has 306 valence electrons. The van der Waals surface area contributed by atoms with Crippen molar-refractivity contribution in [3.05, 3.63) is 0 Å². The molecule has 2 aliphatic rings. The summed E-state index contributed by atoms with van der Waals surface area (Å²) in [5.41, 5.74) is -1.81. The highest BCUT2D eigenvalue weighted by atomic mass is 32.1. The van der Waals surface area contributed by atoms with Gasteiger partial charge in [0.25, 0.3) is 0 Å². The van der Waals surface area contributed by atoms with Crippen LogP contribution < -0.4 is 0 Å². The lowest BCUT2D eigenvalue weighted by atomic mass is 9.76. The van der Waals surface area contributed by atoms with Crippen LogP contribution in [0.2, 0.25) is 0 Å². The molecule has 0 bridgehead atoms. The largest absolute Gasteiger partial charge is 0.480 e. The number of hydrogen-bond donors (Lipinski definition) is 4. The standard InChI is InChI=1S/C54H26O9P2/c1-4-7-10-13-16-19-22-24-27-29-32-35-38-41-48-44-45-49-47(40-37-34-31-28-26-23-20-17-14-11-8-5-2)43-46-50(53(52(48)49)64(58,63-62-57)65(59,60)61)51(54(55)56)42-39-36-33-30-25-21-18-15-12-9-6-3/h2,47-53,57H,43-46H2,1,3H3,(H,55,56)(H2,59,60,61). The van der Waals surface area contributed by atoms with Crippen LogP contribution in [0, 0.1) is 273 Å². The fourth-order valence-corrected chi connectivity index (χ4v) is 10.9. The Kier molecular flexibility index (Phi) is 24.7. The summed E-state index contributed by atoms with van der Waals surface area (Å²) in [6.07, 6.45) is 5.60. The molecule has 8 unspecified atom stereocenters. The highest BCUT2D eigenvalue weighted by molar-refractivity contribution is 8.29. The first-order chi connectivity index (χ1) is 31.6. The van der Waals surface area contributed by atoms with Crippen molar-refractivity contribution in [2.75, 3.05) is 0 Å². The first-order valence-electron chi connectivity index (χ1n) is 18.3. The van der Waals surface area contributed by atoms with Crippen LogP contribution in [0.25, 0.3) is 0 Å². The number of rotatable bonds is 6. The number of carboxylic acid groups (broad SMARTS) is 1. The molecule has 8 atom stereocenters. The average Bonchev–Trinajstić information content (AvgIpc) is 3.61. The Morgan fingerprint density at radius 2 is 0.908 bits per heavy atom. The van der Waals surface area contributed by atoms with Crippen LogP contribution >= 0.6 is 14.3 Å². The highest BCUT2D eigenvalue weighted by Gasteiger charge is 2.63. The van der Waals surface area contributed by atoms with Gasteiger partial charge in [0, 0.05) is 11.8 Å². The molecular weight excluding hydrogens is 855 g/mol. The molecule has 0 amide bonds. The summed E-state index contributed by atoms with van der Waals surface area (Å²) in [5, 5.41) is 23.7. The van der Waals surface area contributed by atoms with Crippen LogP contribution in [-0.2, 0) is 23.6 Å². The molecule has 0 aromatic carbocycles. The summed E-state index contributed by atoms with van der Waals surface area (Å²) in [4.78, 5) is 34.2. The van der Waals surface area contributed by atoms with E-state index in [1.807, 2.05) is 0 Å². The Labute approximate surface area is 380 Å². The minimum absolute atomic E-state index is 0.130. The third kappa shape index (κ3) is 19.0. The van der Waals surface area contributed by atoms with Crippen molar-refractivity contribution in [3.63, 3.8) is 0 Å². The maximum Gasteiger partial charge on any atom is 0.410 e. The number of carboxylic acids is 1. The highest BCUT2D eigenvalue weighted by Crippen LogP contribution is 2.84. The van der Waals surface area contributed by atoms with Crippen LogP contribution in [-0.4, -0.2) is 31.8 Å². The number of aliphatic carboxylic acids is 1. The van der Waals surface area contributed by atoms with Gasteiger partial charge in [-0.15, -0.1) is 11.1 Å². The molecule has 0 aromatic heterocycles. The van der Waals surface area contributed by atoms with E-state index in [-0.39, 0.29) is 19.3 Å². The quantitative estimate of drug-likeness (QED) is 0.137. The Balaban J connectivity index is 2.79. The predicted molar refractivity (Wildman–Crippen MR) is 243 cm³/mol. The number of hydrogen-bond acceptors (Lipinski definition) is 6. The number of fused-ring (bicyclic) bond motifs is 1. The lowest BCUT2D eigenvalue weighted by Crippen LogP contribution is -2.39. The van der Waals surface area contributed by atoms with E-state index in [1.165, 1.54) is 0 Å². The van der Waals surface area contributed by atoms with Gasteiger partial charge in [0.1, 0.15) is 5.92 Å². The minimum Gasteiger partial charge on any atom is -0.480 e. The van der Waals surface area contributed by atoms with Crippen LogP contribution in [0.3, 0.4) is 0 Å². The summed E-state index contributed by atoms with van der Waals surface area (Å²) in [6, 6.07) is 0. The molecule has 0 heterocycles. The molecule has 2 aliphatic carbocycles. The fraction of sp³-hybridized carbons (Fsp3) is 0.241. The normalized spacial score (nSPS) is 17.9. The van der Waals surface area contributed by atoms with Crippen molar-refractivity contribution >= 4 is 20.3 Å². The smallest absolute Gasteiger partial charge is 0.410 e. The van der Waals surface area contributed by atoms with Gasteiger partial charge < -0.3 is 14.9 Å². The van der Waals surface area contributed by atoms with Crippen LogP contribution in [0.1, 0.15) is 39.5 Å². The molecule has 0 aromatic rings. The Bertz CT molecular complexity index is 3360. The van der Waals surface area contributed by atoms with Gasteiger partial charge in [-0.25, -0.2) is 9.82 Å². The van der Waals surface area contributed by atoms with E-state index in [0.717, 1.165) is 0 Å². The second kappa shape index (κ2) is 30.9. The van der Waals surface area contributed by atoms with E-state index >= 15 is 0 Å². The molecule has 2 fully saturated rings. The second-order valence-electron chi connectivity index (χ2n) is 12.0. The summed E-state index contributed by atoms with van der Waals surface area (Å²) >= 11 is 0. The molecular formula is C54H26O9P2. The third-order valence-electron chi connectivity index (χ3n) is 8.45. The van der Waals surface area contributed by atoms with Crippen LogP contribution in [0.4, 0.5) is 0 Å². The first-order valence-corrected chi connectivity index (χ1v) is 22.3. The molecule has 0 aliphatic heterocycles. The summed E-state index contributed by atoms with van der Waals surface area (Å²) in [5.74, 6) is 90.1. The molecule has 11 heteroatoms. The van der Waals surface area contributed by atoms with E-state index in [0.29, 0.717) is 6.42 Å². The van der Waals surface area contributed by atoms with Crippen molar-refractivity contribution in [1.29, 1.82) is 0 Å². The molecule has 65 heavy (non-hydrogen) atoms. The monoisotopic (exact) mass is 880 g/mol. The van der Waals surface area contributed by atoms with Crippen LogP contribution in [0.5, 0.6) is 0 Å². The lowest BCUT2D eigenvalue weighted by molar-refractivity contribution is -0.439. The van der Waals surface area contributed by atoms with Crippen molar-refractivity contribution in [2.45, 2.75) is 45.2 Å². The van der Waals surface area contributed by atoms with Gasteiger partial charge in [0.15, 0.2) is 0 Å². The summed E-state index contributed by atoms with van der Waals surface area (Å²) in [6.45, 7) is 3.26. The maximum atomic E-state index is 14.7. The van der Waals surface area contributed by atoms with Crippen molar-refractivity contribution in [1.82, 2.24) is 0 Å². The van der Waals surface area contributed by atoms with Gasteiger partial charge in [-0.2, -0.15) is 0 Å². The van der Waals surface area contributed by atoms with E-state index in [2.05, 4.69) is 241 Å². The molecule has 2 saturated carbocycles. The SMILES string of the molecule is C#CC#CC#CC#CC#CC#CC#CC1CCC(C(C#CC#CC#CC#CC#CC#CC)C(=O)O)C(P(=O)(OOO)P(=O)(O)O)C2C(C#CC#CC#CC#CC#CC#CC#CC)CCC12. The molecule has 0 saturated heterocycles. The third-order valence-corrected chi connectivity index (χ3v) is 14.1. The average molecular weight is 881 g/mol. The Morgan fingerprint density at radius 1 is 0.538 bits per heavy atom. The zero-order valence-corrected chi connectivity index (χ0v) is 36.0. The van der Waals surface area contributed by atoms with Gasteiger partial charge in [-0.3, -0.25) is 9.36 Å². The molecule has 9 nitrogen and oxygen atoms in total. The maximum absolute atomic E-state index is 14.7. The fourth-order valence-electron chi connectivity index (χ4n) is 6.27. The molecule has 0 radical (unpaired) electrons. The molecule has 2 rings (SSSR count). The van der Waals surface area contributed by atoms with Crippen molar-refractivity contribution < 1.29 is 43.8 Å². The van der Waals surface area contributed by atoms with E-state index in [1.54, 1.807) is 13.8 Å². The molecule has 4 N–H and O–H groups in total. The number of carbonyl (C=O) groups is 1. The van der Waals surface area contributed by atoms with Gasteiger partial charge >= 0.3 is 20.3 Å². The predicted octanol–water partition coefficient (Wildman–Crippen LogP) is 3.25. The van der Waals surface area contributed by atoms with Gasteiger partial charge in [-0.1, -0.05) is 34.6 Å². The zero-order valence-electron chi connectivity index (χ0n) is 34.2. The van der Waals surface area contributed by atoms with E-state index in [9.17, 15) is 34.1 Å². The Hall–Kier alpha value is -9.07. The number of terminal acetylenes is 1. The van der Waals surface area contributed by atoms with E-state index in [4.69, 9.17) is 6.42 Å². The van der Waals surface area contributed by atoms with Gasteiger partial charge in [-0.05, 0) is 259 Å². The van der Waals surface area contributed by atoms with Crippen molar-refractivity contribution in [3.8, 4) is 237 Å². The zero-order chi connectivity index (χ0) is 47.4. The summed E-state index contributed by atoms with van der Waals surface area (Å²) in [7, 11) is -11.4. The first kappa shape index (κ1) is 52.1. The van der Waals surface area contributed by atoms with Gasteiger partial charge in [0.2, 0.25) is 0 Å². The lowest BCUT2D eigenvalue weighted by Gasteiger charge is -2.38.